The fourth-order valence-electron chi connectivity index (χ4n) is 13.6. The third kappa shape index (κ3) is 9.79. The molecule has 0 amide bonds. The summed E-state index contributed by atoms with van der Waals surface area (Å²) in [5.74, 6) is -0.0196. The summed E-state index contributed by atoms with van der Waals surface area (Å²) >= 11 is 0. The fraction of sp³-hybridized carbons (Fsp3) is 0.571. The summed E-state index contributed by atoms with van der Waals surface area (Å²) in [6.07, 6.45) is 18.2. The Morgan fingerprint density at radius 1 is 0.925 bits per heavy atom. The van der Waals surface area contributed by atoms with Gasteiger partial charge in [-0.05, 0) is 153 Å². The number of rotatable bonds is 17. The van der Waals surface area contributed by atoms with Crippen molar-refractivity contribution in [2.24, 2.45) is 23.7 Å². The number of aliphatic hydroxyl groups is 3. The van der Waals surface area contributed by atoms with Crippen LogP contribution in [0.5, 0.6) is 23.0 Å². The van der Waals surface area contributed by atoms with Crippen LogP contribution in [0, 0.1) is 23.7 Å². The average molecular weight is 919 g/mol. The van der Waals surface area contributed by atoms with Crippen LogP contribution in [0.1, 0.15) is 147 Å². The molecule has 8 N–H and O–H groups in total. The lowest BCUT2D eigenvalue weighted by atomic mass is 9.58. The predicted molar refractivity (Wildman–Crippen MR) is 259 cm³/mol. The van der Waals surface area contributed by atoms with Gasteiger partial charge < -0.3 is 55.2 Å². The third-order valence-electron chi connectivity index (χ3n) is 16.9. The molecule has 11 atom stereocenters. The zero-order chi connectivity index (χ0) is 46.7. The summed E-state index contributed by atoms with van der Waals surface area (Å²) in [7, 11) is 1.44. The summed E-state index contributed by atoms with van der Waals surface area (Å²) in [5, 5.41) is 73.2. The van der Waals surface area contributed by atoms with Crippen molar-refractivity contribution in [1.29, 1.82) is 0 Å². The van der Waals surface area contributed by atoms with E-state index in [0.29, 0.717) is 36.3 Å². The molecular formula is C56H74N2O9. The number of H-pyrrole nitrogens is 1. The molecule has 4 aromatic rings. The van der Waals surface area contributed by atoms with Gasteiger partial charge in [-0.1, -0.05) is 67.5 Å². The Bertz CT molecular complexity index is 2280. The minimum Gasteiger partial charge on any atom is -0.508 e. The molecule has 1 aliphatic heterocycles. The first-order valence-corrected chi connectivity index (χ1v) is 25.4. The Hall–Kier alpha value is -4.36. The topological polar surface area (TPSA) is 177 Å². The number of nitrogens with one attached hydrogen (secondary N) is 2. The van der Waals surface area contributed by atoms with E-state index in [1.54, 1.807) is 0 Å². The number of hydrogen-bond acceptors (Lipinski definition) is 10. The Balaban J connectivity index is 1.01. The maximum Gasteiger partial charge on any atom is 0.201 e. The molecule has 0 spiro atoms. The Labute approximate surface area is 396 Å². The fourth-order valence-corrected chi connectivity index (χ4v) is 13.6. The van der Waals surface area contributed by atoms with Crippen molar-refractivity contribution >= 4 is 0 Å². The van der Waals surface area contributed by atoms with Gasteiger partial charge in [0.15, 0.2) is 11.5 Å². The molecular weight excluding hydrogens is 845 g/mol. The van der Waals surface area contributed by atoms with Crippen molar-refractivity contribution in [3.63, 3.8) is 0 Å². The molecule has 362 valence electrons. The summed E-state index contributed by atoms with van der Waals surface area (Å²) in [5.41, 5.74) is 5.54. The number of phenolic OH excluding ortho intramolecular Hbond substituents is 2. The number of hydrogen-bond donors (Lipinski definition) is 8. The number of aliphatic hydroxyl groups excluding tert-OH is 3. The van der Waals surface area contributed by atoms with Gasteiger partial charge in [0.2, 0.25) is 5.75 Å². The number of aromatic hydroxyl groups is 3. The lowest BCUT2D eigenvalue weighted by Crippen LogP contribution is -2.45. The standard InChI is InChI=1S/C56H74N2O9/c1-3-66-25-9-23-58-39-15-18-40-37(27-39)13-17-42(48(62)31-56(21-7-8-22-56)38-10-5-4-6-11-38)51(40)43-28-35(14-19-46(43)60)36-12-16-41-47(61)30-50(67-49(41)29-36)52-44(26-34-20-24-57-32-34)55(65-2)54(64)53(63)45(52)33-59/h4-6,10-11,14-15,18-20,24,28,32,36-37,39-42,47-51,57-64H,3,7-9,12-13,16-17,21-23,25-27,29-31,33H2,1-2H3/t36-,37+,39+,40-,41+,42-,47+,48-,49+,50+,51+/m1/s1. The van der Waals surface area contributed by atoms with Gasteiger partial charge in [-0.25, -0.2) is 0 Å². The van der Waals surface area contributed by atoms with Crippen molar-refractivity contribution in [2.75, 3.05) is 26.9 Å². The SMILES string of the molecule is CCOCCCN[C@H]1C=C[C@@H]2[C@@H](CC[C@H]([C@H](O)CC3(c4ccccc4)CCCC3)[C@H]2c2cc([C@@H]3CC[C@@H]4[C@H](C3)O[C@H](c3c(CO)c(O)c(O)c(OC)c3Cc3cc[nH]c3)C[C@@H]4O)ccc2O)C1. The van der Waals surface area contributed by atoms with Gasteiger partial charge in [-0.3, -0.25) is 0 Å². The highest BCUT2D eigenvalue weighted by atomic mass is 16.5. The van der Waals surface area contributed by atoms with Gasteiger partial charge in [0.25, 0.3) is 0 Å². The molecule has 3 saturated carbocycles. The van der Waals surface area contributed by atoms with E-state index in [0.717, 1.165) is 87.8 Å². The van der Waals surface area contributed by atoms with Crippen LogP contribution in [0.25, 0.3) is 0 Å². The Kier molecular flexibility index (Phi) is 15.0. The highest BCUT2D eigenvalue weighted by Crippen LogP contribution is 2.56. The monoisotopic (exact) mass is 919 g/mol. The molecule has 9 rings (SSSR count). The van der Waals surface area contributed by atoms with Gasteiger partial charge >= 0.3 is 0 Å². The molecule has 0 unspecified atom stereocenters. The van der Waals surface area contributed by atoms with E-state index in [4.69, 9.17) is 14.2 Å². The van der Waals surface area contributed by atoms with Gasteiger partial charge in [-0.15, -0.1) is 0 Å². The number of methoxy groups -OCH3 is 1. The number of allylic oxidation sites excluding steroid dienone is 1. The maximum absolute atomic E-state index is 12.7. The second-order valence-corrected chi connectivity index (χ2v) is 20.6. The molecule has 4 aliphatic carbocycles. The van der Waals surface area contributed by atoms with Crippen LogP contribution in [0.4, 0.5) is 0 Å². The van der Waals surface area contributed by atoms with E-state index < -0.39 is 36.4 Å². The van der Waals surface area contributed by atoms with E-state index >= 15 is 0 Å². The van der Waals surface area contributed by atoms with Gasteiger partial charge in [-0.2, -0.15) is 0 Å². The van der Waals surface area contributed by atoms with E-state index in [1.165, 1.54) is 25.5 Å². The Morgan fingerprint density at radius 2 is 1.75 bits per heavy atom. The second kappa shape index (κ2) is 21.1. The molecule has 1 saturated heterocycles. The molecule has 1 aromatic heterocycles. The van der Waals surface area contributed by atoms with Gasteiger partial charge in [0.05, 0.1) is 38.1 Å². The van der Waals surface area contributed by atoms with Crippen LogP contribution in [-0.2, 0) is 27.9 Å². The molecule has 5 aliphatic rings. The summed E-state index contributed by atoms with van der Waals surface area (Å²) in [6, 6.07) is 19.2. The lowest BCUT2D eigenvalue weighted by molar-refractivity contribution is -0.154. The largest absolute Gasteiger partial charge is 0.508 e. The Morgan fingerprint density at radius 3 is 2.49 bits per heavy atom. The highest BCUT2D eigenvalue weighted by molar-refractivity contribution is 5.64. The number of benzene rings is 3. The molecule has 11 heteroatoms. The van der Waals surface area contributed by atoms with E-state index in [9.17, 15) is 30.6 Å². The number of ether oxygens (including phenoxy) is 3. The normalized spacial score (nSPS) is 29.6. The third-order valence-corrected chi connectivity index (χ3v) is 16.9. The summed E-state index contributed by atoms with van der Waals surface area (Å²) in [4.78, 5) is 3.08. The van der Waals surface area contributed by atoms with Crippen molar-refractivity contribution in [3.05, 3.63) is 118 Å². The molecule has 0 radical (unpaired) electrons. The predicted octanol–water partition coefficient (Wildman–Crippen LogP) is 9.33. The number of aromatic nitrogens is 1. The molecule has 67 heavy (non-hydrogen) atoms. The number of aromatic amines is 1. The maximum atomic E-state index is 12.7. The van der Waals surface area contributed by atoms with Crippen LogP contribution in [0.3, 0.4) is 0 Å². The summed E-state index contributed by atoms with van der Waals surface area (Å²) in [6.45, 7) is 3.88. The van der Waals surface area contributed by atoms with Crippen molar-refractivity contribution in [2.45, 2.75) is 151 Å². The zero-order valence-corrected chi connectivity index (χ0v) is 39.5. The van der Waals surface area contributed by atoms with Crippen molar-refractivity contribution in [3.8, 4) is 23.0 Å². The molecule has 4 fully saturated rings. The van der Waals surface area contributed by atoms with Crippen LogP contribution in [0.15, 0.2) is 79.1 Å². The van der Waals surface area contributed by atoms with E-state index in [2.05, 4.69) is 64.9 Å². The first kappa shape index (κ1) is 47.7. The van der Waals surface area contributed by atoms with Crippen LogP contribution < -0.4 is 10.1 Å². The van der Waals surface area contributed by atoms with Crippen LogP contribution >= 0.6 is 0 Å². The van der Waals surface area contributed by atoms with E-state index in [1.807, 2.05) is 31.5 Å². The average Bonchev–Trinajstić information content (AvgIpc) is 4.06. The molecule has 3 aromatic carbocycles. The minimum absolute atomic E-state index is 0.0304. The highest BCUT2D eigenvalue weighted by Gasteiger charge is 2.48. The smallest absolute Gasteiger partial charge is 0.201 e. The van der Waals surface area contributed by atoms with Crippen molar-refractivity contribution < 1.29 is 44.8 Å². The number of fused-ring (bicyclic) bond motifs is 2. The lowest BCUT2D eigenvalue weighted by Gasteiger charge is -2.48. The minimum atomic E-state index is -0.685. The van der Waals surface area contributed by atoms with Crippen LogP contribution in [0.2, 0.25) is 0 Å². The molecule has 2 heterocycles. The van der Waals surface area contributed by atoms with Crippen LogP contribution in [-0.4, -0.2) is 86.8 Å². The van der Waals surface area contributed by atoms with E-state index in [-0.39, 0.29) is 70.6 Å². The number of phenols is 3. The first-order valence-electron chi connectivity index (χ1n) is 25.4. The summed E-state index contributed by atoms with van der Waals surface area (Å²) < 4.78 is 18.3. The molecule has 11 nitrogen and oxygen atoms in total. The zero-order valence-electron chi connectivity index (χ0n) is 39.5. The van der Waals surface area contributed by atoms with Gasteiger partial charge in [0, 0.05) is 61.5 Å². The van der Waals surface area contributed by atoms with Gasteiger partial charge in [0.1, 0.15) is 5.75 Å². The quantitative estimate of drug-likeness (QED) is 0.0289. The molecule has 0 bridgehead atoms. The second-order valence-electron chi connectivity index (χ2n) is 20.6. The van der Waals surface area contributed by atoms with Crippen molar-refractivity contribution in [1.82, 2.24) is 10.3 Å². The first-order chi connectivity index (χ1) is 32.6.